The molecule has 0 heterocycles. The zero-order chi connectivity index (χ0) is 13.0. The number of hydrogen-bond donors (Lipinski definition) is 0. The van der Waals surface area contributed by atoms with E-state index in [1.165, 1.54) is 12.8 Å². The molecule has 0 bridgehead atoms. The summed E-state index contributed by atoms with van der Waals surface area (Å²) >= 11 is 6.19. The molecule has 1 saturated carbocycles. The van der Waals surface area contributed by atoms with E-state index in [0.717, 1.165) is 30.0 Å². The van der Waals surface area contributed by atoms with Gasteiger partial charge in [0.2, 0.25) is 0 Å². The van der Waals surface area contributed by atoms with Crippen molar-refractivity contribution in [3.63, 3.8) is 0 Å². The summed E-state index contributed by atoms with van der Waals surface area (Å²) in [6.45, 7) is 0.822. The van der Waals surface area contributed by atoms with E-state index < -0.39 is 0 Å². The first-order valence-electron chi connectivity index (χ1n) is 6.55. The Bertz CT molecular complexity index is 438. The lowest BCUT2D eigenvalue weighted by atomic mass is 9.84. The molecule has 0 saturated heterocycles. The van der Waals surface area contributed by atoms with Crippen LogP contribution in [0, 0.1) is 17.2 Å². The highest BCUT2D eigenvalue weighted by atomic mass is 35.5. The zero-order valence-corrected chi connectivity index (χ0v) is 11.5. The molecule has 1 aliphatic carbocycles. The summed E-state index contributed by atoms with van der Waals surface area (Å²) in [7, 11) is 2.10. The Morgan fingerprint density at radius 1 is 1.33 bits per heavy atom. The largest absolute Gasteiger partial charge is 0.298 e. The smallest absolute Gasteiger partial charge is 0.0672 e. The van der Waals surface area contributed by atoms with E-state index in [9.17, 15) is 5.26 Å². The third-order valence-electron chi connectivity index (χ3n) is 3.84. The molecule has 96 valence electrons. The van der Waals surface area contributed by atoms with Crippen molar-refractivity contribution in [3.8, 4) is 6.07 Å². The van der Waals surface area contributed by atoms with Gasteiger partial charge in [0.15, 0.2) is 0 Å². The molecule has 2 nitrogen and oxygen atoms in total. The fourth-order valence-corrected chi connectivity index (χ4v) is 3.00. The van der Waals surface area contributed by atoms with Crippen LogP contribution in [-0.4, -0.2) is 18.0 Å². The third-order valence-corrected chi connectivity index (χ3v) is 4.21. The molecule has 0 aromatic heterocycles. The van der Waals surface area contributed by atoms with E-state index in [2.05, 4.69) is 24.1 Å². The maximum absolute atomic E-state index is 9.23. The van der Waals surface area contributed by atoms with Crippen LogP contribution in [-0.2, 0) is 6.54 Å². The summed E-state index contributed by atoms with van der Waals surface area (Å²) in [4.78, 5) is 2.29. The van der Waals surface area contributed by atoms with E-state index in [-0.39, 0.29) is 5.92 Å². The van der Waals surface area contributed by atoms with Gasteiger partial charge in [-0.2, -0.15) is 5.26 Å². The molecule has 2 unspecified atom stereocenters. The molecule has 3 heteroatoms. The summed E-state index contributed by atoms with van der Waals surface area (Å²) in [5.41, 5.74) is 1.14. The maximum Gasteiger partial charge on any atom is 0.0672 e. The second-order valence-electron chi connectivity index (χ2n) is 5.09. The first-order chi connectivity index (χ1) is 8.72. The van der Waals surface area contributed by atoms with E-state index in [1.807, 2.05) is 18.2 Å². The number of nitrogens with zero attached hydrogens (tertiary/aromatic N) is 2. The van der Waals surface area contributed by atoms with Crippen molar-refractivity contribution in [1.82, 2.24) is 4.90 Å². The molecule has 1 aromatic rings. The lowest BCUT2D eigenvalue weighted by Crippen LogP contribution is -2.39. The molecule has 18 heavy (non-hydrogen) atoms. The van der Waals surface area contributed by atoms with Gasteiger partial charge in [0.05, 0.1) is 12.0 Å². The second-order valence-corrected chi connectivity index (χ2v) is 5.50. The molecule has 0 spiro atoms. The lowest BCUT2D eigenvalue weighted by Gasteiger charge is -2.34. The van der Waals surface area contributed by atoms with E-state index in [0.29, 0.717) is 6.04 Å². The van der Waals surface area contributed by atoms with Crippen LogP contribution >= 0.6 is 11.6 Å². The predicted octanol–water partition coefficient (Wildman–Crippen LogP) is 3.85. The molecule has 1 fully saturated rings. The van der Waals surface area contributed by atoms with Crippen molar-refractivity contribution in [2.45, 2.75) is 38.3 Å². The molecule has 1 aliphatic rings. The van der Waals surface area contributed by atoms with Crippen LogP contribution in [0.1, 0.15) is 31.2 Å². The number of hydrogen-bond acceptors (Lipinski definition) is 2. The predicted molar refractivity (Wildman–Crippen MR) is 74.3 cm³/mol. The minimum Gasteiger partial charge on any atom is -0.298 e. The van der Waals surface area contributed by atoms with Crippen molar-refractivity contribution >= 4 is 11.6 Å². The van der Waals surface area contributed by atoms with Crippen LogP contribution in [0.4, 0.5) is 0 Å². The summed E-state index contributed by atoms with van der Waals surface area (Å²) < 4.78 is 0. The topological polar surface area (TPSA) is 27.0 Å². The van der Waals surface area contributed by atoms with Crippen molar-refractivity contribution in [2.75, 3.05) is 7.05 Å². The quantitative estimate of drug-likeness (QED) is 0.827. The molecule has 1 aromatic carbocycles. The van der Waals surface area contributed by atoms with E-state index in [4.69, 9.17) is 11.6 Å². The number of nitriles is 1. The Labute approximate surface area is 114 Å². The molecule has 2 atom stereocenters. The summed E-state index contributed by atoms with van der Waals surface area (Å²) in [5, 5.41) is 10.0. The van der Waals surface area contributed by atoms with Gasteiger partial charge in [0.1, 0.15) is 0 Å². The van der Waals surface area contributed by atoms with Crippen LogP contribution in [0.2, 0.25) is 5.02 Å². The molecular formula is C15H19ClN2. The van der Waals surface area contributed by atoms with E-state index >= 15 is 0 Å². The molecule has 0 N–H and O–H groups in total. The highest BCUT2D eigenvalue weighted by molar-refractivity contribution is 6.31. The normalized spacial score (nSPS) is 23.9. The van der Waals surface area contributed by atoms with Crippen LogP contribution in [0.15, 0.2) is 24.3 Å². The van der Waals surface area contributed by atoms with Gasteiger partial charge >= 0.3 is 0 Å². The van der Waals surface area contributed by atoms with Gasteiger partial charge in [0, 0.05) is 17.6 Å². The minimum atomic E-state index is 0.172. The van der Waals surface area contributed by atoms with Crippen LogP contribution in [0.25, 0.3) is 0 Å². The fourth-order valence-electron chi connectivity index (χ4n) is 2.80. The van der Waals surface area contributed by atoms with Crippen molar-refractivity contribution in [3.05, 3.63) is 34.9 Å². The van der Waals surface area contributed by atoms with Gasteiger partial charge in [0.25, 0.3) is 0 Å². The Morgan fingerprint density at radius 2 is 2.06 bits per heavy atom. The van der Waals surface area contributed by atoms with Crippen LogP contribution < -0.4 is 0 Å². The Kier molecular flexibility index (Phi) is 4.63. The van der Waals surface area contributed by atoms with Gasteiger partial charge in [-0.05, 0) is 31.5 Å². The average molecular weight is 263 g/mol. The fraction of sp³-hybridized carbons (Fsp3) is 0.533. The van der Waals surface area contributed by atoms with Gasteiger partial charge < -0.3 is 0 Å². The van der Waals surface area contributed by atoms with E-state index in [1.54, 1.807) is 0 Å². The zero-order valence-electron chi connectivity index (χ0n) is 10.8. The van der Waals surface area contributed by atoms with Gasteiger partial charge in [-0.1, -0.05) is 42.6 Å². The van der Waals surface area contributed by atoms with Gasteiger partial charge in [-0.25, -0.2) is 0 Å². The molecule has 0 amide bonds. The third kappa shape index (κ3) is 3.04. The second kappa shape index (κ2) is 6.22. The number of benzene rings is 1. The molecule has 0 aliphatic heterocycles. The standard InChI is InChI=1S/C15H19ClN2/c1-18(11-13-7-2-4-8-14(13)16)15-9-5-3-6-12(15)10-17/h2,4,7-8,12,15H,3,5-6,9,11H2,1H3. The van der Waals surface area contributed by atoms with Crippen LogP contribution in [0.3, 0.4) is 0 Å². The van der Waals surface area contributed by atoms with Crippen molar-refractivity contribution in [2.24, 2.45) is 5.92 Å². The van der Waals surface area contributed by atoms with Gasteiger partial charge in [-0.15, -0.1) is 0 Å². The molecule has 0 radical (unpaired) electrons. The summed E-state index contributed by atoms with van der Waals surface area (Å²) in [6.07, 6.45) is 4.58. The summed E-state index contributed by atoms with van der Waals surface area (Å²) in [6, 6.07) is 10.8. The molecule has 2 rings (SSSR count). The lowest BCUT2D eigenvalue weighted by molar-refractivity contribution is 0.151. The van der Waals surface area contributed by atoms with Crippen LogP contribution in [0.5, 0.6) is 0 Å². The Morgan fingerprint density at radius 3 is 2.78 bits per heavy atom. The van der Waals surface area contributed by atoms with Crippen molar-refractivity contribution in [1.29, 1.82) is 5.26 Å². The minimum absolute atomic E-state index is 0.172. The maximum atomic E-state index is 9.23. The monoisotopic (exact) mass is 262 g/mol. The summed E-state index contributed by atoms with van der Waals surface area (Å²) in [5.74, 6) is 0.172. The van der Waals surface area contributed by atoms with Crippen molar-refractivity contribution < 1.29 is 0 Å². The highest BCUT2D eigenvalue weighted by Gasteiger charge is 2.28. The SMILES string of the molecule is CN(Cc1ccccc1Cl)C1CCCCC1C#N. The highest BCUT2D eigenvalue weighted by Crippen LogP contribution is 2.29. The average Bonchev–Trinajstić information content (AvgIpc) is 2.41. The number of rotatable bonds is 3. The van der Waals surface area contributed by atoms with Gasteiger partial charge in [-0.3, -0.25) is 4.90 Å². The Hall–Kier alpha value is -1.04. The first kappa shape index (κ1) is 13.4. The molecular weight excluding hydrogens is 244 g/mol. The number of halogens is 1. The first-order valence-corrected chi connectivity index (χ1v) is 6.93. The Balaban J connectivity index is 2.05.